The van der Waals surface area contributed by atoms with E-state index in [2.05, 4.69) is 58.3 Å². The number of benzene rings is 1. The lowest BCUT2D eigenvalue weighted by molar-refractivity contribution is -0.137. The Morgan fingerprint density at radius 2 is 1.58 bits per heavy atom. The van der Waals surface area contributed by atoms with Gasteiger partial charge in [0.2, 0.25) is 17.7 Å². The molecule has 0 aliphatic heterocycles. The molecule has 0 radical (unpaired) electrons. The molecule has 2 fully saturated rings. The summed E-state index contributed by atoms with van der Waals surface area (Å²) in [7, 11) is 3.27. The molecule has 7 amide bonds. The third-order valence-electron chi connectivity index (χ3n) is 15.5. The Morgan fingerprint density at radius 3 is 2.25 bits per heavy atom. The van der Waals surface area contributed by atoms with Crippen LogP contribution in [0.25, 0.3) is 5.57 Å². The number of pyridine rings is 1. The highest BCUT2D eigenvalue weighted by Gasteiger charge is 2.57. The fourth-order valence-corrected chi connectivity index (χ4v) is 11.4. The summed E-state index contributed by atoms with van der Waals surface area (Å²) in [6, 6.07) is 8.05. The van der Waals surface area contributed by atoms with Crippen LogP contribution in [-0.2, 0) is 35.3 Å². The lowest BCUT2D eigenvalue weighted by Gasteiger charge is -2.57. The molecule has 4 aliphatic carbocycles. The molecular formula is C53H74N8O10. The van der Waals surface area contributed by atoms with E-state index in [9.17, 15) is 33.6 Å². The number of rotatable bonds is 21. The lowest BCUT2D eigenvalue weighted by atomic mass is 9.47. The number of likely N-dealkylation sites (N-methyl/N-ethyl adjacent to an activating group) is 2. The molecule has 0 saturated heterocycles. The molecule has 18 heteroatoms. The van der Waals surface area contributed by atoms with Gasteiger partial charge in [0.25, 0.3) is 0 Å². The van der Waals surface area contributed by atoms with Gasteiger partial charge in [-0.1, -0.05) is 63.6 Å². The van der Waals surface area contributed by atoms with Crippen molar-refractivity contribution in [3.05, 3.63) is 77.6 Å². The van der Waals surface area contributed by atoms with Crippen LogP contribution in [-0.4, -0.2) is 114 Å². The largest absolute Gasteiger partial charge is 0.481 e. The van der Waals surface area contributed by atoms with E-state index in [0.717, 1.165) is 32.1 Å². The fourth-order valence-electron chi connectivity index (χ4n) is 11.4. The van der Waals surface area contributed by atoms with Crippen LogP contribution in [0, 0.1) is 34.5 Å². The van der Waals surface area contributed by atoms with Crippen LogP contribution >= 0.6 is 0 Å². The van der Waals surface area contributed by atoms with Gasteiger partial charge in [-0.2, -0.15) is 0 Å². The summed E-state index contributed by atoms with van der Waals surface area (Å²) in [5.41, 5.74) is 10.6. The number of hydrogen-bond acceptors (Lipinski definition) is 10. The summed E-state index contributed by atoms with van der Waals surface area (Å²) in [5.74, 6) is -1.17. The number of carbonyl (C=O) groups excluding carboxylic acids is 6. The highest BCUT2D eigenvalue weighted by molar-refractivity contribution is 5.98. The van der Waals surface area contributed by atoms with Crippen molar-refractivity contribution in [3.8, 4) is 0 Å². The van der Waals surface area contributed by atoms with Crippen molar-refractivity contribution in [2.75, 3.05) is 39.0 Å². The first-order valence-electron chi connectivity index (χ1n) is 25.1. The Kier molecular flexibility index (Phi) is 18.3. The zero-order valence-electron chi connectivity index (χ0n) is 42.2. The second-order valence-electron chi connectivity index (χ2n) is 20.7. The molecule has 4 aliphatic rings. The Bertz CT molecular complexity index is 2310. The number of ether oxygens (including phenoxy) is 2. The van der Waals surface area contributed by atoms with E-state index in [1.54, 1.807) is 52.2 Å². The molecule has 1 aromatic carbocycles. The summed E-state index contributed by atoms with van der Waals surface area (Å²) in [6.07, 6.45) is 14.9. The molecule has 8 atom stereocenters. The number of aromatic nitrogens is 1. The molecule has 0 spiro atoms. The maximum absolute atomic E-state index is 13.5. The van der Waals surface area contributed by atoms with Gasteiger partial charge < -0.3 is 51.4 Å². The van der Waals surface area contributed by atoms with Crippen LogP contribution in [0.4, 0.5) is 20.1 Å². The minimum absolute atomic E-state index is 0.0548. The Hall–Kier alpha value is -6.46. The van der Waals surface area contributed by atoms with Gasteiger partial charge in [0, 0.05) is 71.1 Å². The number of fused-ring (bicyclic) bond motifs is 5. The molecule has 71 heavy (non-hydrogen) atoms. The van der Waals surface area contributed by atoms with Crippen molar-refractivity contribution in [3.63, 3.8) is 0 Å². The van der Waals surface area contributed by atoms with E-state index in [0.29, 0.717) is 35.4 Å². The standard InChI is InChI=1S/C53H74N8O10/c1-33(2)46(59-44(62)12-7-13-45(63)64)48(66)58-43(11-9-27-56-49(54)67)47(65)57-37-17-14-34(15-18-37)32-70-50(68)60(5)28-29-61(6)51(69)71-38-22-24-52(3)36(30-38)16-19-39-41-21-20-40(35-10-8-26-55-31-35)53(41,4)25-23-42(39)52/h8,10,14-18,20,26,31,33,38-39,41-43,46H,7,9,11-13,19,21-25,27-30,32H2,1-6H3,(H,57,65)(H,58,66)(H,59,62)(H,63,64)(H3,54,56,67)/t38-,39-,41-,42-,43-,46-,52-,53+/m0/s1. The molecule has 18 nitrogen and oxygen atoms in total. The van der Waals surface area contributed by atoms with Crippen LogP contribution in [0.15, 0.2) is 66.5 Å². The highest BCUT2D eigenvalue weighted by Crippen LogP contribution is 2.66. The Labute approximate surface area is 417 Å². The molecular weight excluding hydrogens is 909 g/mol. The van der Waals surface area contributed by atoms with Gasteiger partial charge in [-0.15, -0.1) is 0 Å². The number of aliphatic carboxylic acids is 1. The van der Waals surface area contributed by atoms with Crippen molar-refractivity contribution in [2.24, 2.45) is 40.2 Å². The second kappa shape index (κ2) is 24.1. The van der Waals surface area contributed by atoms with Crippen LogP contribution in [0.5, 0.6) is 0 Å². The Balaban J connectivity index is 0.930. The average molecular weight is 983 g/mol. The minimum Gasteiger partial charge on any atom is -0.481 e. The number of allylic oxidation sites excluding steroid dienone is 3. The van der Waals surface area contributed by atoms with Gasteiger partial charge in [-0.05, 0) is 127 Å². The quantitative estimate of drug-likeness (QED) is 0.0548. The van der Waals surface area contributed by atoms with Crippen LogP contribution in [0.1, 0.15) is 116 Å². The van der Waals surface area contributed by atoms with Gasteiger partial charge >= 0.3 is 24.2 Å². The third kappa shape index (κ3) is 13.7. The minimum atomic E-state index is -1.06. The first-order valence-corrected chi connectivity index (χ1v) is 25.1. The number of amides is 7. The van der Waals surface area contributed by atoms with Gasteiger partial charge in [-0.25, -0.2) is 14.4 Å². The predicted octanol–water partition coefficient (Wildman–Crippen LogP) is 7.01. The van der Waals surface area contributed by atoms with Crippen LogP contribution in [0.2, 0.25) is 0 Å². The fraction of sp³-hybridized carbons (Fsp3) is 0.585. The summed E-state index contributed by atoms with van der Waals surface area (Å²) in [6.45, 7) is 8.94. The van der Waals surface area contributed by atoms with Gasteiger partial charge in [0.1, 0.15) is 24.8 Å². The molecule has 6 rings (SSSR count). The molecule has 2 aromatic rings. The lowest BCUT2D eigenvalue weighted by Crippen LogP contribution is -2.54. The van der Waals surface area contributed by atoms with Gasteiger partial charge in [0.05, 0.1) is 0 Å². The van der Waals surface area contributed by atoms with E-state index in [-0.39, 0.29) is 74.8 Å². The number of anilines is 1. The Morgan fingerprint density at radius 1 is 0.859 bits per heavy atom. The summed E-state index contributed by atoms with van der Waals surface area (Å²) >= 11 is 0. The number of nitrogens with two attached hydrogens (primary N) is 1. The summed E-state index contributed by atoms with van der Waals surface area (Å²) < 4.78 is 11.6. The monoisotopic (exact) mass is 983 g/mol. The predicted molar refractivity (Wildman–Crippen MR) is 267 cm³/mol. The number of carboxylic acids is 1. The van der Waals surface area contributed by atoms with Crippen LogP contribution < -0.4 is 27.0 Å². The molecule has 2 saturated carbocycles. The normalized spacial score (nSPS) is 24.0. The SMILES string of the molecule is CC(C)[C@H](NC(=O)CCCC(=O)O)C(=O)N[C@@H](CCCNC(N)=O)C(=O)Nc1ccc(COC(=O)N(C)CCN(C)C(=O)O[C@H]2CC[C@@]3(C)C(=CC[C@@H]4[C@@H]3CC[C@]3(C)C(c5cccnc5)=CC[C@@H]43)C2)cc1. The average Bonchev–Trinajstić information content (AvgIpc) is 3.70. The van der Waals surface area contributed by atoms with Gasteiger partial charge in [0.15, 0.2) is 0 Å². The van der Waals surface area contributed by atoms with E-state index in [1.807, 2.05) is 18.5 Å². The summed E-state index contributed by atoms with van der Waals surface area (Å²) in [5, 5.41) is 19.5. The second-order valence-corrected chi connectivity index (χ2v) is 20.7. The number of carbonyl (C=O) groups is 7. The first kappa shape index (κ1) is 53.9. The molecule has 1 heterocycles. The molecule has 386 valence electrons. The number of nitrogens with one attached hydrogen (secondary N) is 4. The number of urea groups is 1. The first-order chi connectivity index (χ1) is 33.8. The zero-order valence-corrected chi connectivity index (χ0v) is 42.2. The molecule has 0 bridgehead atoms. The van der Waals surface area contributed by atoms with Crippen molar-refractivity contribution < 1.29 is 48.1 Å². The number of hydrogen-bond donors (Lipinski definition) is 6. The smallest absolute Gasteiger partial charge is 0.409 e. The number of primary amides is 1. The number of carboxylic acid groups (broad SMARTS) is 1. The third-order valence-corrected chi connectivity index (χ3v) is 15.5. The molecule has 0 unspecified atom stereocenters. The van der Waals surface area contributed by atoms with Crippen LogP contribution in [0.3, 0.4) is 0 Å². The maximum Gasteiger partial charge on any atom is 0.409 e. The van der Waals surface area contributed by atoms with Crippen molar-refractivity contribution in [1.29, 1.82) is 0 Å². The van der Waals surface area contributed by atoms with Crippen molar-refractivity contribution >= 4 is 53.2 Å². The van der Waals surface area contributed by atoms with E-state index >= 15 is 0 Å². The van der Waals surface area contributed by atoms with E-state index < -0.39 is 54.0 Å². The molecule has 1 aromatic heterocycles. The number of nitrogens with zero attached hydrogens (tertiary/aromatic N) is 3. The van der Waals surface area contributed by atoms with Gasteiger partial charge in [-0.3, -0.25) is 24.2 Å². The summed E-state index contributed by atoms with van der Waals surface area (Å²) in [4.78, 5) is 95.1. The maximum atomic E-state index is 13.5. The highest BCUT2D eigenvalue weighted by atomic mass is 16.6. The van der Waals surface area contributed by atoms with E-state index in [1.165, 1.54) is 39.4 Å². The van der Waals surface area contributed by atoms with E-state index in [4.69, 9.17) is 20.3 Å². The van der Waals surface area contributed by atoms with Crippen molar-refractivity contribution in [2.45, 2.75) is 130 Å². The topological polar surface area (TPSA) is 252 Å². The van der Waals surface area contributed by atoms with Crippen molar-refractivity contribution in [1.82, 2.24) is 30.7 Å². The zero-order chi connectivity index (χ0) is 51.5. The molecule has 7 N–H and O–H groups in total.